The number of rotatable bonds is 9. The van der Waals surface area contributed by atoms with Crippen LogP contribution < -0.4 is 20.3 Å². The lowest BCUT2D eigenvalue weighted by Crippen LogP contribution is -3.12. The van der Waals surface area contributed by atoms with Crippen molar-refractivity contribution in [3.63, 3.8) is 0 Å². The highest BCUT2D eigenvalue weighted by Crippen LogP contribution is 2.14. The fourth-order valence-corrected chi connectivity index (χ4v) is 3.98. The molecule has 7 nitrogen and oxygen atoms in total. The van der Waals surface area contributed by atoms with Crippen LogP contribution in [0.3, 0.4) is 0 Å². The van der Waals surface area contributed by atoms with Crippen LogP contribution in [0.25, 0.3) is 0 Å². The number of hydrogen-bond donors (Lipinski definition) is 3. The zero-order valence-electron chi connectivity index (χ0n) is 15.9. The molecule has 1 fully saturated rings. The number of methoxy groups -OCH3 is 1. The average molecular weight is 397 g/mol. The quantitative estimate of drug-likeness (QED) is 0.546. The van der Waals surface area contributed by atoms with Gasteiger partial charge in [0, 0.05) is 16.5 Å². The van der Waals surface area contributed by atoms with Gasteiger partial charge < -0.3 is 20.3 Å². The minimum Gasteiger partial charge on any atom is -0.497 e. The second-order valence-electron chi connectivity index (χ2n) is 6.77. The normalized spacial score (nSPS) is 16.2. The maximum atomic E-state index is 12.0. The van der Waals surface area contributed by atoms with Gasteiger partial charge in [0.25, 0.3) is 0 Å². The standard InChI is InChI=1S/C19H29N3O4S/c1-26-17-8-6-16(7-9-17)21-19(24)15-27(25)14-18(23)20-10-13-22-11-4-2-3-5-12-22/h6-9H,2-5,10-15H2,1H3,(H,20,23)(H,21,24)/p+1/t27-/m0/s1. The van der Waals surface area contributed by atoms with Crippen LogP contribution in [0.4, 0.5) is 5.69 Å². The highest BCUT2D eigenvalue weighted by molar-refractivity contribution is 7.86. The molecule has 1 aromatic rings. The zero-order chi connectivity index (χ0) is 19.5. The monoisotopic (exact) mass is 396 g/mol. The van der Waals surface area contributed by atoms with Crippen molar-refractivity contribution in [2.24, 2.45) is 0 Å². The van der Waals surface area contributed by atoms with Gasteiger partial charge in [-0.05, 0) is 49.9 Å². The van der Waals surface area contributed by atoms with Gasteiger partial charge in [-0.3, -0.25) is 13.8 Å². The Labute approximate surface area is 163 Å². The minimum atomic E-state index is -1.53. The Bertz CT molecular complexity index is 628. The summed E-state index contributed by atoms with van der Waals surface area (Å²) in [6, 6.07) is 6.87. The summed E-state index contributed by atoms with van der Waals surface area (Å²) in [5.41, 5.74) is 0.600. The van der Waals surface area contributed by atoms with Crippen LogP contribution in [0.1, 0.15) is 25.7 Å². The number of ether oxygens (including phenoxy) is 1. The first-order valence-electron chi connectivity index (χ1n) is 9.46. The number of hydrogen-bond acceptors (Lipinski definition) is 4. The van der Waals surface area contributed by atoms with Crippen molar-refractivity contribution >= 4 is 28.3 Å². The maximum absolute atomic E-state index is 12.0. The van der Waals surface area contributed by atoms with E-state index in [9.17, 15) is 13.8 Å². The number of carbonyl (C=O) groups excluding carboxylic acids is 2. The molecule has 0 spiro atoms. The van der Waals surface area contributed by atoms with Gasteiger partial charge in [-0.1, -0.05) is 0 Å². The number of anilines is 1. The molecule has 0 bridgehead atoms. The van der Waals surface area contributed by atoms with Crippen LogP contribution in [0.2, 0.25) is 0 Å². The molecule has 2 amide bonds. The molecule has 0 aliphatic carbocycles. The van der Waals surface area contributed by atoms with Crippen molar-refractivity contribution in [2.45, 2.75) is 25.7 Å². The lowest BCUT2D eigenvalue weighted by Gasteiger charge is -2.17. The zero-order valence-corrected chi connectivity index (χ0v) is 16.7. The van der Waals surface area contributed by atoms with Gasteiger partial charge in [0.1, 0.15) is 17.3 Å². The average Bonchev–Trinajstić information content (AvgIpc) is 2.91. The Morgan fingerprint density at radius 2 is 1.67 bits per heavy atom. The molecule has 0 saturated carbocycles. The van der Waals surface area contributed by atoms with E-state index < -0.39 is 10.8 Å². The van der Waals surface area contributed by atoms with E-state index in [0.29, 0.717) is 18.0 Å². The van der Waals surface area contributed by atoms with Crippen LogP contribution in [0.5, 0.6) is 5.75 Å². The van der Waals surface area contributed by atoms with Crippen molar-refractivity contribution in [3.8, 4) is 5.75 Å². The largest absolute Gasteiger partial charge is 0.497 e. The van der Waals surface area contributed by atoms with E-state index >= 15 is 0 Å². The number of carbonyl (C=O) groups is 2. The fourth-order valence-electron chi connectivity index (χ4n) is 3.12. The van der Waals surface area contributed by atoms with Gasteiger partial charge in [-0.25, -0.2) is 0 Å². The second kappa shape index (κ2) is 11.7. The first-order valence-corrected chi connectivity index (χ1v) is 10.9. The number of likely N-dealkylation sites (tertiary alicyclic amines) is 1. The molecule has 1 aliphatic rings. The molecule has 0 aromatic heterocycles. The molecule has 27 heavy (non-hydrogen) atoms. The fraction of sp³-hybridized carbons (Fsp3) is 0.579. The van der Waals surface area contributed by atoms with Crippen molar-refractivity contribution in [1.82, 2.24) is 5.32 Å². The molecular formula is C19H30N3O4S+. The summed E-state index contributed by atoms with van der Waals surface area (Å²) < 4.78 is 17.1. The Morgan fingerprint density at radius 3 is 2.30 bits per heavy atom. The maximum Gasteiger partial charge on any atom is 0.237 e. The van der Waals surface area contributed by atoms with Gasteiger partial charge in [-0.15, -0.1) is 0 Å². The predicted molar refractivity (Wildman–Crippen MR) is 107 cm³/mol. The highest BCUT2D eigenvalue weighted by atomic mass is 32.2. The van der Waals surface area contributed by atoms with E-state index in [2.05, 4.69) is 10.6 Å². The summed E-state index contributed by atoms with van der Waals surface area (Å²) in [6.45, 7) is 3.81. The predicted octanol–water partition coefficient (Wildman–Crippen LogP) is -0.0425. The number of quaternary nitrogens is 1. The first kappa shape index (κ1) is 21.4. The van der Waals surface area contributed by atoms with E-state index in [1.165, 1.54) is 30.6 Å². The smallest absolute Gasteiger partial charge is 0.237 e. The molecule has 8 heteroatoms. The molecule has 1 aromatic carbocycles. The summed E-state index contributed by atoms with van der Waals surface area (Å²) in [7, 11) is 0.0401. The van der Waals surface area contributed by atoms with Gasteiger partial charge in [-0.2, -0.15) is 0 Å². The van der Waals surface area contributed by atoms with E-state index in [1.807, 2.05) is 0 Å². The van der Waals surface area contributed by atoms with E-state index in [0.717, 1.165) is 19.6 Å². The van der Waals surface area contributed by atoms with Gasteiger partial charge in [0.05, 0.1) is 33.3 Å². The van der Waals surface area contributed by atoms with Crippen molar-refractivity contribution in [1.29, 1.82) is 0 Å². The number of benzene rings is 1. The van der Waals surface area contributed by atoms with Crippen molar-refractivity contribution in [3.05, 3.63) is 24.3 Å². The lowest BCUT2D eigenvalue weighted by atomic mass is 10.2. The Hall–Kier alpha value is -1.93. The topological polar surface area (TPSA) is 88.9 Å². The van der Waals surface area contributed by atoms with Gasteiger partial charge >= 0.3 is 0 Å². The van der Waals surface area contributed by atoms with Gasteiger partial charge in [0.15, 0.2) is 0 Å². The van der Waals surface area contributed by atoms with Crippen LogP contribution in [-0.2, 0) is 20.4 Å². The molecule has 2 rings (SSSR count). The molecule has 0 radical (unpaired) electrons. The summed E-state index contributed by atoms with van der Waals surface area (Å²) in [5.74, 6) is -0.294. The third kappa shape index (κ3) is 8.53. The molecule has 0 unspecified atom stereocenters. The molecule has 1 heterocycles. The molecule has 1 saturated heterocycles. The van der Waals surface area contributed by atoms with Crippen LogP contribution in [0.15, 0.2) is 24.3 Å². The number of amides is 2. The summed E-state index contributed by atoms with van der Waals surface area (Å²) in [5, 5.41) is 5.49. The molecule has 150 valence electrons. The summed E-state index contributed by atoms with van der Waals surface area (Å²) in [4.78, 5) is 25.4. The minimum absolute atomic E-state index is 0.147. The lowest BCUT2D eigenvalue weighted by molar-refractivity contribution is -0.898. The molecular weight excluding hydrogens is 366 g/mol. The first-order chi connectivity index (χ1) is 13.1. The van der Waals surface area contributed by atoms with Gasteiger partial charge in [0.2, 0.25) is 11.8 Å². The Morgan fingerprint density at radius 1 is 1.04 bits per heavy atom. The third-order valence-corrected chi connectivity index (χ3v) is 5.74. The summed E-state index contributed by atoms with van der Waals surface area (Å²) in [6.07, 6.45) is 5.09. The second-order valence-corrected chi connectivity index (χ2v) is 8.23. The summed E-state index contributed by atoms with van der Waals surface area (Å²) >= 11 is 0. The van der Waals surface area contributed by atoms with E-state index in [1.54, 1.807) is 31.4 Å². The van der Waals surface area contributed by atoms with E-state index in [-0.39, 0.29) is 23.3 Å². The van der Waals surface area contributed by atoms with Crippen LogP contribution in [0, 0.1) is 0 Å². The van der Waals surface area contributed by atoms with Crippen LogP contribution in [-0.4, -0.2) is 60.8 Å². The number of nitrogens with one attached hydrogen (secondary N) is 3. The van der Waals surface area contributed by atoms with Crippen LogP contribution >= 0.6 is 0 Å². The molecule has 1 atom stereocenters. The molecule has 1 aliphatic heterocycles. The Balaban J connectivity index is 1.63. The SMILES string of the molecule is COc1ccc(NC(=O)C[S@@](=O)CC(=O)NCC[NH+]2CCCCCC2)cc1. The molecule has 3 N–H and O–H groups in total. The highest BCUT2D eigenvalue weighted by Gasteiger charge is 2.15. The van der Waals surface area contributed by atoms with Crippen molar-refractivity contribution < 1.29 is 23.4 Å². The van der Waals surface area contributed by atoms with Crippen molar-refractivity contribution in [2.75, 3.05) is 50.1 Å². The van der Waals surface area contributed by atoms with E-state index in [4.69, 9.17) is 4.74 Å². The third-order valence-electron chi connectivity index (χ3n) is 4.57. The Kier molecular flexibility index (Phi) is 9.27.